The largest absolute Gasteiger partial charge is 0.490 e. The highest BCUT2D eigenvalue weighted by Gasteiger charge is 2.29. The van der Waals surface area contributed by atoms with Gasteiger partial charge in [0.1, 0.15) is 18.1 Å². The molecule has 30 heavy (non-hydrogen) atoms. The summed E-state index contributed by atoms with van der Waals surface area (Å²) in [6.07, 6.45) is 3.35. The fourth-order valence-corrected chi connectivity index (χ4v) is 3.29. The van der Waals surface area contributed by atoms with Crippen LogP contribution in [0.3, 0.4) is 0 Å². The molecule has 0 spiro atoms. The van der Waals surface area contributed by atoms with Gasteiger partial charge in [0.15, 0.2) is 5.76 Å². The van der Waals surface area contributed by atoms with E-state index in [0.717, 1.165) is 12.1 Å². The summed E-state index contributed by atoms with van der Waals surface area (Å²) in [5.74, 6) is 1.50. The topological polar surface area (TPSA) is 67.6 Å². The van der Waals surface area contributed by atoms with Crippen molar-refractivity contribution < 1.29 is 13.9 Å². The van der Waals surface area contributed by atoms with Crippen molar-refractivity contribution in [2.24, 2.45) is 0 Å². The maximum atomic E-state index is 13.0. The molecule has 9 heteroatoms. The van der Waals surface area contributed by atoms with Crippen LogP contribution in [0.2, 0.25) is 5.02 Å². The summed E-state index contributed by atoms with van der Waals surface area (Å²) in [6, 6.07) is 14.4. The van der Waals surface area contributed by atoms with Crippen molar-refractivity contribution in [2.75, 3.05) is 26.2 Å². The predicted molar refractivity (Wildman–Crippen MR) is 121 cm³/mol. The average molecular weight is 471 g/mol. The molecule has 0 saturated carbocycles. The number of aromatic nitrogens is 1. The molecule has 1 aromatic carbocycles. The predicted octanol–water partition coefficient (Wildman–Crippen LogP) is 4.33. The van der Waals surface area contributed by atoms with Crippen LogP contribution in [0.15, 0.2) is 65.3 Å². The zero-order valence-electron chi connectivity index (χ0n) is 16.0. The molecular weight excluding hydrogens is 449 g/mol. The Morgan fingerprint density at radius 2 is 2.00 bits per heavy atom. The van der Waals surface area contributed by atoms with E-state index in [1.54, 1.807) is 41.6 Å². The van der Waals surface area contributed by atoms with Crippen LogP contribution in [0.5, 0.6) is 5.75 Å². The van der Waals surface area contributed by atoms with Crippen molar-refractivity contribution in [2.45, 2.75) is 6.04 Å². The van der Waals surface area contributed by atoms with Crippen LogP contribution in [-0.2, 0) is 0 Å². The van der Waals surface area contributed by atoms with Gasteiger partial charge in [0.05, 0.1) is 12.2 Å². The molecule has 1 atom stereocenters. The van der Waals surface area contributed by atoms with E-state index in [1.165, 1.54) is 0 Å². The molecule has 1 amide bonds. The van der Waals surface area contributed by atoms with Gasteiger partial charge in [-0.25, -0.2) is 0 Å². The molecule has 0 aliphatic carbocycles. The Morgan fingerprint density at radius 3 is 2.73 bits per heavy atom. The van der Waals surface area contributed by atoms with E-state index in [9.17, 15) is 4.79 Å². The second kappa shape index (κ2) is 11.2. The van der Waals surface area contributed by atoms with Crippen molar-refractivity contribution in [3.05, 3.63) is 71.7 Å². The molecule has 0 bridgehead atoms. The summed E-state index contributed by atoms with van der Waals surface area (Å²) in [5, 5.41) is 3.97. The van der Waals surface area contributed by atoms with Crippen LogP contribution in [0.4, 0.5) is 0 Å². The number of rotatable bonds is 5. The summed E-state index contributed by atoms with van der Waals surface area (Å²) in [7, 11) is 0. The molecule has 1 aliphatic rings. The Kier molecular flexibility index (Phi) is 8.99. The van der Waals surface area contributed by atoms with Crippen LogP contribution in [0.25, 0.3) is 11.3 Å². The van der Waals surface area contributed by atoms with E-state index >= 15 is 0 Å². The van der Waals surface area contributed by atoms with Gasteiger partial charge in [0, 0.05) is 36.4 Å². The number of furan rings is 1. The Hall–Kier alpha value is -2.25. The minimum Gasteiger partial charge on any atom is -0.490 e. The lowest BCUT2D eigenvalue weighted by atomic mass is 10.2. The molecule has 1 aliphatic heterocycles. The Balaban J connectivity index is 0.00000160. The zero-order chi connectivity index (χ0) is 19.3. The maximum Gasteiger partial charge on any atom is 0.290 e. The number of nitrogens with one attached hydrogen (secondary N) is 1. The summed E-state index contributed by atoms with van der Waals surface area (Å²) < 4.78 is 11.6. The quantitative estimate of drug-likeness (QED) is 0.601. The zero-order valence-corrected chi connectivity index (χ0v) is 18.4. The monoisotopic (exact) mass is 469 g/mol. The maximum absolute atomic E-state index is 13.0. The minimum atomic E-state index is -0.137. The molecule has 0 radical (unpaired) electrons. The molecule has 1 saturated heterocycles. The van der Waals surface area contributed by atoms with Gasteiger partial charge in [-0.2, -0.15) is 0 Å². The Morgan fingerprint density at radius 1 is 1.20 bits per heavy atom. The fourth-order valence-electron chi connectivity index (χ4n) is 3.17. The van der Waals surface area contributed by atoms with Gasteiger partial charge in [-0.1, -0.05) is 11.6 Å². The second-order valence-electron chi connectivity index (χ2n) is 6.53. The molecule has 1 fully saturated rings. The van der Waals surface area contributed by atoms with Crippen LogP contribution < -0.4 is 10.1 Å². The van der Waals surface area contributed by atoms with Crippen molar-refractivity contribution in [1.29, 1.82) is 0 Å². The van der Waals surface area contributed by atoms with Gasteiger partial charge in [-0.3, -0.25) is 9.78 Å². The minimum absolute atomic E-state index is 0. The number of amides is 1. The van der Waals surface area contributed by atoms with Gasteiger partial charge in [-0.05, 0) is 48.5 Å². The molecule has 1 unspecified atom stereocenters. The van der Waals surface area contributed by atoms with Crippen LogP contribution in [-0.4, -0.2) is 48.1 Å². The number of nitrogens with zero attached hydrogens (tertiary/aromatic N) is 2. The van der Waals surface area contributed by atoms with E-state index in [4.69, 9.17) is 20.8 Å². The number of pyridine rings is 1. The lowest BCUT2D eigenvalue weighted by Crippen LogP contribution is -2.55. The Bertz CT molecular complexity index is 935. The third-order valence-corrected chi connectivity index (χ3v) is 4.89. The molecule has 160 valence electrons. The molecule has 6 nitrogen and oxygen atoms in total. The van der Waals surface area contributed by atoms with Crippen molar-refractivity contribution in [3.8, 4) is 17.1 Å². The van der Waals surface area contributed by atoms with Gasteiger partial charge in [0.25, 0.3) is 5.91 Å². The number of hydrogen-bond donors (Lipinski definition) is 1. The summed E-state index contributed by atoms with van der Waals surface area (Å²) in [4.78, 5) is 18.9. The second-order valence-corrected chi connectivity index (χ2v) is 6.96. The SMILES string of the molecule is Cl.Cl.O=C(c1ccc(-c2ccc(Cl)cc2)o1)N1CCNCC1COc1cccnc1. The van der Waals surface area contributed by atoms with E-state index < -0.39 is 0 Å². The van der Waals surface area contributed by atoms with Crippen molar-refractivity contribution in [3.63, 3.8) is 0 Å². The number of carbonyl (C=O) groups excluding carboxylic acids is 1. The van der Waals surface area contributed by atoms with E-state index in [2.05, 4.69) is 10.3 Å². The van der Waals surface area contributed by atoms with Gasteiger partial charge in [0.2, 0.25) is 0 Å². The first-order valence-electron chi connectivity index (χ1n) is 9.11. The lowest BCUT2D eigenvalue weighted by Gasteiger charge is -2.35. The molecular formula is C21H22Cl3N3O3. The molecule has 1 N–H and O–H groups in total. The first kappa shape index (κ1) is 24.0. The third kappa shape index (κ3) is 5.67. The number of halogens is 3. The fraction of sp³-hybridized carbons (Fsp3) is 0.238. The molecule has 4 rings (SSSR count). The highest BCUT2D eigenvalue weighted by molar-refractivity contribution is 6.30. The lowest BCUT2D eigenvalue weighted by molar-refractivity contribution is 0.0529. The highest BCUT2D eigenvalue weighted by atomic mass is 35.5. The van der Waals surface area contributed by atoms with Crippen molar-refractivity contribution >= 4 is 42.3 Å². The summed E-state index contributed by atoms with van der Waals surface area (Å²) in [6.45, 7) is 2.38. The van der Waals surface area contributed by atoms with Gasteiger partial charge >= 0.3 is 0 Å². The highest BCUT2D eigenvalue weighted by Crippen LogP contribution is 2.25. The third-order valence-electron chi connectivity index (χ3n) is 4.63. The van der Waals surface area contributed by atoms with Gasteiger partial charge in [-0.15, -0.1) is 24.8 Å². The number of carbonyl (C=O) groups is 1. The van der Waals surface area contributed by atoms with E-state index in [1.807, 2.05) is 24.3 Å². The van der Waals surface area contributed by atoms with Gasteiger partial charge < -0.3 is 19.4 Å². The smallest absolute Gasteiger partial charge is 0.290 e. The van der Waals surface area contributed by atoms with E-state index in [-0.39, 0.29) is 36.8 Å². The normalized spacial score (nSPS) is 15.6. The molecule has 2 aromatic heterocycles. The Labute approximate surface area is 192 Å². The van der Waals surface area contributed by atoms with Crippen LogP contribution in [0.1, 0.15) is 10.6 Å². The summed E-state index contributed by atoms with van der Waals surface area (Å²) in [5.41, 5.74) is 0.875. The number of piperazine rings is 1. The molecule has 3 aromatic rings. The number of hydrogen-bond acceptors (Lipinski definition) is 5. The standard InChI is InChI=1S/C21H20ClN3O3.2ClH/c22-16-5-3-15(4-6-16)19-7-8-20(28-19)21(26)25-11-10-24-12-17(25)14-27-18-2-1-9-23-13-18;;/h1-9,13,17,24H,10-12,14H2;2*1H. The number of benzene rings is 1. The van der Waals surface area contributed by atoms with Crippen LogP contribution >= 0.6 is 36.4 Å². The first-order valence-corrected chi connectivity index (χ1v) is 9.49. The van der Waals surface area contributed by atoms with E-state index in [0.29, 0.717) is 42.0 Å². The first-order chi connectivity index (χ1) is 13.7. The average Bonchev–Trinajstić information content (AvgIpc) is 3.23. The number of ether oxygens (including phenoxy) is 1. The summed E-state index contributed by atoms with van der Waals surface area (Å²) >= 11 is 5.93. The molecule has 3 heterocycles. The van der Waals surface area contributed by atoms with Crippen LogP contribution in [0, 0.1) is 0 Å². The van der Waals surface area contributed by atoms with Crippen molar-refractivity contribution in [1.82, 2.24) is 15.2 Å².